The predicted octanol–water partition coefficient (Wildman–Crippen LogP) is 4.87. The third-order valence-electron chi connectivity index (χ3n) is 6.46. The zero-order valence-corrected chi connectivity index (χ0v) is 20.6. The number of rotatable bonds is 7. The summed E-state index contributed by atoms with van der Waals surface area (Å²) in [7, 11) is 1.87. The Morgan fingerprint density at radius 3 is 2.59 bits per heavy atom. The van der Waals surface area contributed by atoms with E-state index in [4.69, 9.17) is 0 Å². The van der Waals surface area contributed by atoms with E-state index in [0.29, 0.717) is 12.8 Å². The SMILES string of the molecule is Cc1cn(-c2nccc3[nH]c(-c4ccc(CC(=O)Cc5cc(-c6cccnc6)nn5C)cc4)cc23)cn1. The van der Waals surface area contributed by atoms with Gasteiger partial charge in [0.25, 0.3) is 0 Å². The molecule has 0 aliphatic carbocycles. The summed E-state index contributed by atoms with van der Waals surface area (Å²) >= 11 is 0. The molecule has 5 heterocycles. The van der Waals surface area contributed by atoms with Crippen molar-refractivity contribution < 1.29 is 4.79 Å². The number of carbonyl (C=O) groups excluding carboxylic acids is 1. The van der Waals surface area contributed by atoms with Crippen molar-refractivity contribution in [2.24, 2.45) is 7.05 Å². The largest absolute Gasteiger partial charge is 0.354 e. The number of hydrogen-bond acceptors (Lipinski definition) is 5. The standard InChI is InChI=1S/C29H25N7O/c1-19-17-36(18-32-19)29-25-15-27(33-26(25)9-11-31-29)21-7-5-20(6-8-21)12-24(37)13-23-14-28(34-35(23)2)22-4-3-10-30-16-22/h3-11,14-18,33H,12-13H2,1-2H3. The van der Waals surface area contributed by atoms with Gasteiger partial charge in [-0.05, 0) is 48.4 Å². The van der Waals surface area contributed by atoms with Crippen LogP contribution in [-0.4, -0.2) is 40.1 Å². The molecular weight excluding hydrogens is 462 g/mol. The second kappa shape index (κ2) is 9.31. The van der Waals surface area contributed by atoms with E-state index in [-0.39, 0.29) is 5.78 Å². The molecular formula is C29H25N7O. The van der Waals surface area contributed by atoms with Gasteiger partial charge in [0.15, 0.2) is 0 Å². The highest BCUT2D eigenvalue weighted by Crippen LogP contribution is 2.28. The fourth-order valence-electron chi connectivity index (χ4n) is 4.56. The molecule has 0 atom stereocenters. The van der Waals surface area contributed by atoms with E-state index in [1.807, 2.05) is 73.3 Å². The highest BCUT2D eigenvalue weighted by Gasteiger charge is 2.13. The zero-order valence-electron chi connectivity index (χ0n) is 20.6. The number of benzene rings is 1. The van der Waals surface area contributed by atoms with Crippen molar-refractivity contribution in [1.29, 1.82) is 0 Å². The molecule has 0 bridgehead atoms. The van der Waals surface area contributed by atoms with Gasteiger partial charge in [-0.1, -0.05) is 24.3 Å². The molecule has 8 nitrogen and oxygen atoms in total. The molecule has 0 saturated carbocycles. The zero-order chi connectivity index (χ0) is 25.4. The number of ketones is 1. The minimum atomic E-state index is 0.144. The lowest BCUT2D eigenvalue weighted by molar-refractivity contribution is -0.117. The number of hydrogen-bond donors (Lipinski definition) is 1. The molecule has 0 amide bonds. The number of nitrogens with one attached hydrogen (secondary N) is 1. The van der Waals surface area contributed by atoms with Crippen LogP contribution in [0.4, 0.5) is 0 Å². The van der Waals surface area contributed by atoms with Crippen LogP contribution in [0.1, 0.15) is 17.0 Å². The Labute approximate surface area is 213 Å². The summed E-state index contributed by atoms with van der Waals surface area (Å²) < 4.78 is 3.71. The molecule has 0 radical (unpaired) electrons. The van der Waals surface area contributed by atoms with E-state index in [2.05, 4.69) is 31.1 Å². The highest BCUT2D eigenvalue weighted by atomic mass is 16.1. The number of fused-ring (bicyclic) bond motifs is 1. The number of carbonyl (C=O) groups is 1. The van der Waals surface area contributed by atoms with Crippen LogP contribution in [0.2, 0.25) is 0 Å². The molecule has 0 aliphatic rings. The Bertz CT molecular complexity index is 1710. The van der Waals surface area contributed by atoms with Crippen LogP contribution in [0.25, 0.3) is 39.2 Å². The van der Waals surface area contributed by atoms with Crippen molar-refractivity contribution in [3.8, 4) is 28.3 Å². The summed E-state index contributed by atoms with van der Waals surface area (Å²) in [6, 6.07) is 18.0. The van der Waals surface area contributed by atoms with Crippen molar-refractivity contribution in [1.82, 2.24) is 34.3 Å². The second-order valence-corrected chi connectivity index (χ2v) is 9.18. The lowest BCUT2D eigenvalue weighted by atomic mass is 10.0. The topological polar surface area (TPSA) is 94.3 Å². The molecule has 1 aromatic carbocycles. The van der Waals surface area contributed by atoms with Gasteiger partial charge >= 0.3 is 0 Å². The smallest absolute Gasteiger partial charge is 0.147 e. The normalized spacial score (nSPS) is 11.3. The maximum atomic E-state index is 12.9. The van der Waals surface area contributed by atoms with E-state index >= 15 is 0 Å². The summed E-state index contributed by atoms with van der Waals surface area (Å²) in [5.41, 5.74) is 7.62. The van der Waals surface area contributed by atoms with Crippen molar-refractivity contribution in [3.63, 3.8) is 0 Å². The lowest BCUT2D eigenvalue weighted by Gasteiger charge is -2.04. The van der Waals surface area contributed by atoms with Crippen molar-refractivity contribution in [3.05, 3.63) is 103 Å². The first-order valence-corrected chi connectivity index (χ1v) is 12.1. The number of imidazole rings is 1. The third kappa shape index (κ3) is 4.56. The van der Waals surface area contributed by atoms with Crippen LogP contribution in [0, 0.1) is 6.92 Å². The van der Waals surface area contributed by atoms with Gasteiger partial charge in [-0.25, -0.2) is 9.97 Å². The predicted molar refractivity (Wildman–Crippen MR) is 142 cm³/mol. The molecule has 8 heteroatoms. The summed E-state index contributed by atoms with van der Waals surface area (Å²) in [5.74, 6) is 0.982. The molecule has 0 unspecified atom stereocenters. The van der Waals surface area contributed by atoms with Gasteiger partial charge in [0.1, 0.15) is 17.9 Å². The minimum absolute atomic E-state index is 0.144. The number of aromatic nitrogens is 7. The number of nitrogens with zero attached hydrogens (tertiary/aromatic N) is 6. The van der Waals surface area contributed by atoms with Crippen molar-refractivity contribution in [2.75, 3.05) is 0 Å². The average molecular weight is 488 g/mol. The molecule has 0 spiro atoms. The van der Waals surface area contributed by atoms with Gasteiger partial charge in [-0.2, -0.15) is 5.10 Å². The Morgan fingerprint density at radius 1 is 0.973 bits per heavy atom. The monoisotopic (exact) mass is 487 g/mol. The quantitative estimate of drug-likeness (QED) is 0.347. The van der Waals surface area contributed by atoms with Crippen LogP contribution in [0.5, 0.6) is 0 Å². The minimum Gasteiger partial charge on any atom is -0.354 e. The number of aromatic amines is 1. The van der Waals surface area contributed by atoms with Gasteiger partial charge < -0.3 is 4.98 Å². The van der Waals surface area contributed by atoms with Crippen LogP contribution in [0.3, 0.4) is 0 Å². The maximum Gasteiger partial charge on any atom is 0.147 e. The van der Waals surface area contributed by atoms with Crippen LogP contribution in [0.15, 0.2) is 85.7 Å². The molecule has 6 aromatic rings. The van der Waals surface area contributed by atoms with Crippen LogP contribution < -0.4 is 0 Å². The van der Waals surface area contributed by atoms with E-state index in [1.54, 1.807) is 29.6 Å². The van der Waals surface area contributed by atoms with Gasteiger partial charge in [0.2, 0.25) is 0 Å². The number of aryl methyl sites for hydroxylation is 2. The van der Waals surface area contributed by atoms with E-state index in [1.165, 1.54) is 0 Å². The second-order valence-electron chi connectivity index (χ2n) is 9.18. The van der Waals surface area contributed by atoms with Crippen LogP contribution >= 0.6 is 0 Å². The highest BCUT2D eigenvalue weighted by molar-refractivity contribution is 5.91. The summed E-state index contributed by atoms with van der Waals surface area (Å²) in [5, 5.41) is 5.57. The molecule has 37 heavy (non-hydrogen) atoms. The Hall–Kier alpha value is -4.85. The molecule has 0 fully saturated rings. The Morgan fingerprint density at radius 2 is 1.84 bits per heavy atom. The molecule has 1 N–H and O–H groups in total. The maximum absolute atomic E-state index is 12.9. The first kappa shape index (κ1) is 22.6. The lowest BCUT2D eigenvalue weighted by Crippen LogP contribution is -2.10. The number of Topliss-reactive ketones (excluding diaryl/α,β-unsaturated/α-hetero) is 1. The van der Waals surface area contributed by atoms with Crippen LogP contribution in [-0.2, 0) is 24.7 Å². The summed E-state index contributed by atoms with van der Waals surface area (Å²) in [6.45, 7) is 1.96. The van der Waals surface area contributed by atoms with Gasteiger partial charge in [-0.3, -0.25) is 19.0 Å². The van der Waals surface area contributed by atoms with Gasteiger partial charge in [0, 0.05) is 67.0 Å². The fourth-order valence-corrected chi connectivity index (χ4v) is 4.56. The van der Waals surface area contributed by atoms with Gasteiger partial charge in [-0.15, -0.1) is 0 Å². The molecule has 5 aromatic heterocycles. The first-order valence-electron chi connectivity index (χ1n) is 12.1. The average Bonchev–Trinajstić information content (AvgIpc) is 3.63. The first-order chi connectivity index (χ1) is 18.0. The molecule has 182 valence electrons. The Balaban J connectivity index is 1.17. The van der Waals surface area contributed by atoms with Gasteiger partial charge in [0.05, 0.1) is 16.9 Å². The fraction of sp³-hybridized carbons (Fsp3) is 0.138. The number of pyridine rings is 2. The molecule has 6 rings (SSSR count). The molecule has 0 saturated heterocycles. The molecule has 0 aliphatic heterocycles. The van der Waals surface area contributed by atoms with E-state index in [0.717, 1.165) is 56.2 Å². The van der Waals surface area contributed by atoms with E-state index < -0.39 is 0 Å². The van der Waals surface area contributed by atoms with Crippen molar-refractivity contribution in [2.45, 2.75) is 19.8 Å². The Kier molecular flexibility index (Phi) is 5.69. The van der Waals surface area contributed by atoms with Crippen molar-refractivity contribution >= 4 is 16.7 Å². The van der Waals surface area contributed by atoms with E-state index in [9.17, 15) is 4.79 Å². The third-order valence-corrected chi connectivity index (χ3v) is 6.46. The summed E-state index contributed by atoms with van der Waals surface area (Å²) in [6.07, 6.45) is 9.75. The number of H-pyrrole nitrogens is 1. The summed E-state index contributed by atoms with van der Waals surface area (Å²) in [4.78, 5) is 29.4.